The summed E-state index contributed by atoms with van der Waals surface area (Å²) < 4.78 is 0.771. The quantitative estimate of drug-likeness (QED) is 0.902. The molecule has 0 spiro atoms. The number of amides is 1. The maximum atomic E-state index is 12.4. The van der Waals surface area contributed by atoms with E-state index in [1.54, 1.807) is 6.20 Å². The van der Waals surface area contributed by atoms with Gasteiger partial charge in [0.2, 0.25) is 0 Å². The first-order valence-corrected chi connectivity index (χ1v) is 8.82. The lowest BCUT2D eigenvalue weighted by molar-refractivity contribution is -0.0503. The van der Waals surface area contributed by atoms with Crippen molar-refractivity contribution in [3.8, 4) is 0 Å². The average molecular weight is 349 g/mol. The smallest absolute Gasteiger partial charge is 0.271 e. The third-order valence-electron chi connectivity index (χ3n) is 5.76. The van der Waals surface area contributed by atoms with Gasteiger partial charge in [-0.15, -0.1) is 0 Å². The number of nitrogens with zero attached hydrogens (tertiary/aromatic N) is 1. The Labute approximate surface area is 134 Å². The predicted molar refractivity (Wildman–Crippen MR) is 84.9 cm³/mol. The SMILES string of the molecule is O=C(NCC12CC3CC(CC(C3)C1)C2)c1ncccc1Br. The van der Waals surface area contributed by atoms with Crippen LogP contribution >= 0.6 is 15.9 Å². The van der Waals surface area contributed by atoms with Gasteiger partial charge in [0.15, 0.2) is 0 Å². The van der Waals surface area contributed by atoms with Crippen LogP contribution in [0.4, 0.5) is 0 Å². The maximum absolute atomic E-state index is 12.4. The number of pyridine rings is 1. The van der Waals surface area contributed by atoms with E-state index in [0.29, 0.717) is 11.1 Å². The van der Waals surface area contributed by atoms with E-state index in [1.807, 2.05) is 12.1 Å². The van der Waals surface area contributed by atoms with Crippen LogP contribution in [-0.4, -0.2) is 17.4 Å². The zero-order valence-electron chi connectivity index (χ0n) is 12.1. The highest BCUT2D eigenvalue weighted by Crippen LogP contribution is 2.59. The van der Waals surface area contributed by atoms with Crippen molar-refractivity contribution in [2.75, 3.05) is 6.54 Å². The summed E-state index contributed by atoms with van der Waals surface area (Å²) in [4.78, 5) is 16.5. The second-order valence-electron chi connectivity index (χ2n) is 7.43. The Balaban J connectivity index is 1.45. The molecule has 1 amide bonds. The van der Waals surface area contributed by atoms with E-state index in [1.165, 1.54) is 38.5 Å². The van der Waals surface area contributed by atoms with Gasteiger partial charge in [0, 0.05) is 17.2 Å². The standard InChI is InChI=1S/C17H21BrN2O/c18-14-2-1-3-19-15(14)16(21)20-10-17-7-11-4-12(8-17)6-13(5-11)9-17/h1-3,11-13H,4-10H2,(H,20,21). The minimum absolute atomic E-state index is 0.0433. The Morgan fingerprint density at radius 2 is 1.86 bits per heavy atom. The fraction of sp³-hybridized carbons (Fsp3) is 0.647. The molecule has 0 radical (unpaired) electrons. The van der Waals surface area contributed by atoms with Crippen LogP contribution in [0, 0.1) is 23.2 Å². The number of carbonyl (C=O) groups is 1. The van der Waals surface area contributed by atoms with Gasteiger partial charge in [-0.3, -0.25) is 4.79 Å². The van der Waals surface area contributed by atoms with Crippen molar-refractivity contribution in [3.63, 3.8) is 0 Å². The molecule has 0 saturated heterocycles. The van der Waals surface area contributed by atoms with E-state index in [2.05, 4.69) is 26.2 Å². The third kappa shape index (κ3) is 2.52. The molecule has 4 aliphatic carbocycles. The summed E-state index contributed by atoms with van der Waals surface area (Å²) in [5.41, 5.74) is 0.883. The number of nitrogens with one attached hydrogen (secondary N) is 1. The summed E-state index contributed by atoms with van der Waals surface area (Å²) in [6, 6.07) is 3.70. The largest absolute Gasteiger partial charge is 0.350 e. The van der Waals surface area contributed by atoms with Gasteiger partial charge >= 0.3 is 0 Å². The molecule has 112 valence electrons. The van der Waals surface area contributed by atoms with Gasteiger partial charge in [-0.2, -0.15) is 0 Å². The summed E-state index contributed by atoms with van der Waals surface area (Å²) >= 11 is 3.41. The number of aromatic nitrogens is 1. The molecule has 0 aliphatic heterocycles. The van der Waals surface area contributed by atoms with Crippen molar-refractivity contribution in [1.29, 1.82) is 0 Å². The average Bonchev–Trinajstić information content (AvgIpc) is 2.44. The maximum Gasteiger partial charge on any atom is 0.271 e. The van der Waals surface area contributed by atoms with Crippen molar-refractivity contribution in [2.24, 2.45) is 23.2 Å². The highest BCUT2D eigenvalue weighted by atomic mass is 79.9. The molecular formula is C17H21BrN2O. The molecule has 1 heterocycles. The number of hydrogen-bond donors (Lipinski definition) is 1. The van der Waals surface area contributed by atoms with Gasteiger partial charge in [-0.05, 0) is 89.8 Å². The Kier molecular flexibility index (Phi) is 3.32. The molecule has 4 fully saturated rings. The Morgan fingerprint density at radius 1 is 1.24 bits per heavy atom. The van der Waals surface area contributed by atoms with E-state index in [9.17, 15) is 4.79 Å². The van der Waals surface area contributed by atoms with Gasteiger partial charge in [0.1, 0.15) is 5.69 Å². The Morgan fingerprint density at radius 3 is 2.43 bits per heavy atom. The molecule has 3 nitrogen and oxygen atoms in total. The van der Waals surface area contributed by atoms with E-state index in [4.69, 9.17) is 0 Å². The van der Waals surface area contributed by atoms with Gasteiger partial charge in [0.25, 0.3) is 5.91 Å². The third-order valence-corrected chi connectivity index (χ3v) is 6.40. The summed E-state index contributed by atoms with van der Waals surface area (Å²) in [5, 5.41) is 3.17. The first-order valence-electron chi connectivity index (χ1n) is 8.02. The van der Waals surface area contributed by atoms with Gasteiger partial charge < -0.3 is 5.32 Å². The highest BCUT2D eigenvalue weighted by Gasteiger charge is 2.50. The van der Waals surface area contributed by atoms with Gasteiger partial charge in [-0.25, -0.2) is 4.98 Å². The van der Waals surface area contributed by atoms with Crippen LogP contribution in [-0.2, 0) is 0 Å². The van der Waals surface area contributed by atoms with Crippen molar-refractivity contribution in [1.82, 2.24) is 10.3 Å². The van der Waals surface area contributed by atoms with E-state index in [-0.39, 0.29) is 5.91 Å². The molecule has 0 unspecified atom stereocenters. The molecule has 4 bridgehead atoms. The predicted octanol–water partition coefficient (Wildman–Crippen LogP) is 3.79. The number of rotatable bonds is 3. The first kappa shape index (κ1) is 13.7. The molecular weight excluding hydrogens is 328 g/mol. The summed E-state index contributed by atoms with van der Waals surface area (Å²) in [6.45, 7) is 0.832. The molecule has 4 heteroatoms. The summed E-state index contributed by atoms with van der Waals surface area (Å²) in [5.74, 6) is 2.73. The fourth-order valence-corrected chi connectivity index (χ4v) is 5.85. The summed E-state index contributed by atoms with van der Waals surface area (Å²) in [7, 11) is 0. The van der Waals surface area contributed by atoms with E-state index >= 15 is 0 Å². The minimum Gasteiger partial charge on any atom is -0.350 e. The normalized spacial score (nSPS) is 36.7. The molecule has 4 aliphatic rings. The first-order chi connectivity index (χ1) is 10.1. The number of halogens is 1. The van der Waals surface area contributed by atoms with Crippen LogP contribution in [0.1, 0.15) is 49.0 Å². The van der Waals surface area contributed by atoms with Gasteiger partial charge in [0.05, 0.1) is 0 Å². The molecule has 5 rings (SSSR count). The Hall–Kier alpha value is -0.900. The monoisotopic (exact) mass is 348 g/mol. The van der Waals surface area contributed by atoms with E-state index < -0.39 is 0 Å². The second kappa shape index (κ2) is 5.08. The second-order valence-corrected chi connectivity index (χ2v) is 8.29. The number of hydrogen-bond acceptors (Lipinski definition) is 2. The lowest BCUT2D eigenvalue weighted by atomic mass is 9.49. The van der Waals surface area contributed by atoms with Crippen molar-refractivity contribution >= 4 is 21.8 Å². The molecule has 0 atom stereocenters. The fourth-order valence-electron chi connectivity index (χ4n) is 5.41. The van der Waals surface area contributed by atoms with Crippen LogP contribution in [0.15, 0.2) is 22.8 Å². The van der Waals surface area contributed by atoms with Crippen molar-refractivity contribution in [2.45, 2.75) is 38.5 Å². The van der Waals surface area contributed by atoms with Crippen molar-refractivity contribution < 1.29 is 4.79 Å². The molecule has 1 N–H and O–H groups in total. The summed E-state index contributed by atoms with van der Waals surface area (Å²) in [6.07, 6.45) is 9.97. The molecule has 4 saturated carbocycles. The lowest BCUT2D eigenvalue weighted by Gasteiger charge is -2.56. The van der Waals surface area contributed by atoms with Gasteiger partial charge in [-0.1, -0.05) is 0 Å². The van der Waals surface area contributed by atoms with E-state index in [0.717, 1.165) is 28.8 Å². The molecule has 0 aromatic carbocycles. The Bertz CT molecular complexity index is 536. The topological polar surface area (TPSA) is 42.0 Å². The molecule has 1 aromatic rings. The van der Waals surface area contributed by atoms with Crippen LogP contribution in [0.2, 0.25) is 0 Å². The minimum atomic E-state index is -0.0433. The van der Waals surface area contributed by atoms with Crippen molar-refractivity contribution in [3.05, 3.63) is 28.5 Å². The van der Waals surface area contributed by atoms with Crippen LogP contribution in [0.5, 0.6) is 0 Å². The molecule has 21 heavy (non-hydrogen) atoms. The molecule has 1 aromatic heterocycles. The van der Waals surface area contributed by atoms with Crippen LogP contribution in [0.3, 0.4) is 0 Å². The number of carbonyl (C=O) groups excluding carboxylic acids is 1. The zero-order valence-corrected chi connectivity index (χ0v) is 13.7. The zero-order chi connectivity index (χ0) is 14.4. The van der Waals surface area contributed by atoms with Crippen LogP contribution in [0.25, 0.3) is 0 Å². The lowest BCUT2D eigenvalue weighted by Crippen LogP contribution is -2.51. The highest BCUT2D eigenvalue weighted by molar-refractivity contribution is 9.10. The van der Waals surface area contributed by atoms with Crippen LogP contribution < -0.4 is 5.32 Å².